The summed E-state index contributed by atoms with van der Waals surface area (Å²) in [5.74, 6) is -0.132. The molecule has 0 amide bonds. The highest BCUT2D eigenvalue weighted by Crippen LogP contribution is 2.41. The van der Waals surface area contributed by atoms with Gasteiger partial charge in [0.2, 0.25) is 0 Å². The number of nitrogens with one attached hydrogen (secondary N) is 1. The molecule has 1 N–H and O–H groups in total. The van der Waals surface area contributed by atoms with Gasteiger partial charge in [0.05, 0.1) is 5.60 Å². The van der Waals surface area contributed by atoms with Crippen molar-refractivity contribution < 1.29 is 9.13 Å². The maximum absolute atomic E-state index is 13.6. The van der Waals surface area contributed by atoms with E-state index in [1.165, 1.54) is 6.42 Å². The van der Waals surface area contributed by atoms with Crippen LogP contribution in [0.4, 0.5) is 4.39 Å². The molecule has 2 nitrogen and oxygen atoms in total. The first-order valence-corrected chi connectivity index (χ1v) is 6.59. The van der Waals surface area contributed by atoms with E-state index >= 15 is 0 Å². The maximum atomic E-state index is 13.6. The van der Waals surface area contributed by atoms with Gasteiger partial charge >= 0.3 is 0 Å². The molecule has 1 aliphatic rings. The summed E-state index contributed by atoms with van der Waals surface area (Å²) in [6, 6.07) is 5.63. The van der Waals surface area contributed by atoms with Gasteiger partial charge in [0, 0.05) is 13.2 Å². The van der Waals surface area contributed by atoms with E-state index in [0.29, 0.717) is 5.56 Å². The summed E-state index contributed by atoms with van der Waals surface area (Å²) in [5, 5.41) is 3.28. The van der Waals surface area contributed by atoms with E-state index in [4.69, 9.17) is 4.74 Å². The highest BCUT2D eigenvalue weighted by molar-refractivity contribution is 5.26. The third-order valence-electron chi connectivity index (χ3n) is 4.22. The minimum Gasteiger partial charge on any atom is -0.378 e. The third-order valence-corrected chi connectivity index (χ3v) is 4.22. The summed E-state index contributed by atoms with van der Waals surface area (Å²) >= 11 is 0. The minimum absolute atomic E-state index is 0.00492. The second kappa shape index (κ2) is 5.37. The quantitative estimate of drug-likeness (QED) is 0.866. The van der Waals surface area contributed by atoms with Crippen LogP contribution in [0.3, 0.4) is 0 Å². The second-order valence-electron chi connectivity index (χ2n) is 5.29. The first-order chi connectivity index (χ1) is 8.60. The maximum Gasteiger partial charge on any atom is 0.126 e. The molecule has 1 aliphatic carbocycles. The Morgan fingerprint density at radius 2 is 2.17 bits per heavy atom. The van der Waals surface area contributed by atoms with Gasteiger partial charge in [-0.1, -0.05) is 12.1 Å². The Bertz CT molecular complexity index is 409. The van der Waals surface area contributed by atoms with Gasteiger partial charge < -0.3 is 10.1 Å². The Hall–Kier alpha value is -0.930. The molecule has 1 atom stereocenters. The number of rotatable bonds is 5. The van der Waals surface area contributed by atoms with E-state index in [-0.39, 0.29) is 17.5 Å². The van der Waals surface area contributed by atoms with Crippen LogP contribution < -0.4 is 5.32 Å². The Labute approximate surface area is 109 Å². The van der Waals surface area contributed by atoms with E-state index in [1.807, 2.05) is 19.2 Å². The van der Waals surface area contributed by atoms with Gasteiger partial charge in [-0.25, -0.2) is 4.39 Å². The van der Waals surface area contributed by atoms with Crippen LogP contribution in [0.25, 0.3) is 0 Å². The molecular weight excluding hydrogens is 229 g/mol. The van der Waals surface area contributed by atoms with Gasteiger partial charge in [-0.15, -0.1) is 0 Å². The lowest BCUT2D eigenvalue weighted by molar-refractivity contribution is -0.0834. The average molecular weight is 251 g/mol. The zero-order valence-corrected chi connectivity index (χ0v) is 11.4. The Kier molecular flexibility index (Phi) is 4.03. The van der Waals surface area contributed by atoms with Gasteiger partial charge in [-0.2, -0.15) is 0 Å². The highest BCUT2D eigenvalue weighted by atomic mass is 19.1. The monoisotopic (exact) mass is 251 g/mol. The second-order valence-corrected chi connectivity index (χ2v) is 5.29. The molecule has 0 bridgehead atoms. The summed E-state index contributed by atoms with van der Waals surface area (Å²) in [7, 11) is 3.70. The predicted octanol–water partition coefficient (Wildman–Crippen LogP) is 3.35. The molecule has 18 heavy (non-hydrogen) atoms. The fourth-order valence-corrected chi connectivity index (χ4v) is 2.65. The molecule has 1 saturated carbocycles. The zero-order valence-electron chi connectivity index (χ0n) is 11.4. The van der Waals surface area contributed by atoms with Gasteiger partial charge in [-0.3, -0.25) is 0 Å². The number of benzene rings is 1. The molecule has 0 heterocycles. The number of aryl methyl sites for hydroxylation is 1. The van der Waals surface area contributed by atoms with Crippen LogP contribution in [0.2, 0.25) is 0 Å². The van der Waals surface area contributed by atoms with Gasteiger partial charge in [-0.05, 0) is 56.8 Å². The van der Waals surface area contributed by atoms with Crippen molar-refractivity contribution in [1.82, 2.24) is 5.32 Å². The molecule has 0 spiro atoms. The Morgan fingerprint density at radius 3 is 2.61 bits per heavy atom. The van der Waals surface area contributed by atoms with Gasteiger partial charge in [0.1, 0.15) is 5.82 Å². The van der Waals surface area contributed by atoms with Crippen molar-refractivity contribution in [2.75, 3.05) is 14.2 Å². The summed E-state index contributed by atoms with van der Waals surface area (Å²) < 4.78 is 19.3. The molecule has 3 heteroatoms. The topological polar surface area (TPSA) is 21.3 Å². The molecule has 100 valence electrons. The molecule has 2 rings (SSSR count). The van der Waals surface area contributed by atoms with Gasteiger partial charge in [0.15, 0.2) is 0 Å². The minimum atomic E-state index is -0.132. The molecular formula is C15H22FNO. The SMILES string of the molecule is CNC(CC1(OC)CCC1)c1ccc(C)c(F)c1. The number of methoxy groups -OCH3 is 1. The summed E-state index contributed by atoms with van der Waals surface area (Å²) in [5.41, 5.74) is 1.69. The third kappa shape index (κ3) is 2.57. The largest absolute Gasteiger partial charge is 0.378 e. The number of ether oxygens (including phenoxy) is 1. The molecule has 1 unspecified atom stereocenters. The smallest absolute Gasteiger partial charge is 0.126 e. The van der Waals surface area contributed by atoms with E-state index < -0.39 is 0 Å². The van der Waals surface area contributed by atoms with E-state index in [9.17, 15) is 4.39 Å². The van der Waals surface area contributed by atoms with Crippen molar-refractivity contribution in [3.05, 3.63) is 35.1 Å². The molecule has 0 radical (unpaired) electrons. The standard InChI is InChI=1S/C15H22FNO/c1-11-5-6-12(9-13(11)16)14(17-2)10-15(18-3)7-4-8-15/h5-6,9,14,17H,4,7-8,10H2,1-3H3. The van der Waals surface area contributed by atoms with Crippen molar-refractivity contribution in [3.8, 4) is 0 Å². The Balaban J connectivity index is 2.14. The summed E-state index contributed by atoms with van der Waals surface area (Å²) in [6.45, 7) is 1.79. The number of hydrogen-bond acceptors (Lipinski definition) is 2. The highest BCUT2D eigenvalue weighted by Gasteiger charge is 2.39. The number of hydrogen-bond donors (Lipinski definition) is 1. The van der Waals surface area contributed by atoms with Crippen LogP contribution in [-0.4, -0.2) is 19.8 Å². The van der Waals surface area contributed by atoms with Crippen molar-refractivity contribution in [2.45, 2.75) is 44.2 Å². The van der Waals surface area contributed by atoms with Crippen LogP contribution in [0, 0.1) is 12.7 Å². The van der Waals surface area contributed by atoms with E-state index in [2.05, 4.69) is 5.32 Å². The molecule has 1 aromatic carbocycles. The lowest BCUT2D eigenvalue weighted by Gasteiger charge is -2.43. The first kappa shape index (κ1) is 13.5. The van der Waals surface area contributed by atoms with Crippen LogP contribution >= 0.6 is 0 Å². The van der Waals surface area contributed by atoms with Crippen LogP contribution in [-0.2, 0) is 4.74 Å². The molecule has 1 aromatic rings. The lowest BCUT2D eigenvalue weighted by atomic mass is 9.74. The Morgan fingerprint density at radius 1 is 1.44 bits per heavy atom. The summed E-state index contributed by atoms with van der Waals surface area (Å²) in [6.07, 6.45) is 4.35. The van der Waals surface area contributed by atoms with Crippen molar-refractivity contribution in [2.24, 2.45) is 0 Å². The fraction of sp³-hybridized carbons (Fsp3) is 0.600. The van der Waals surface area contributed by atoms with Crippen LogP contribution in [0.5, 0.6) is 0 Å². The van der Waals surface area contributed by atoms with E-state index in [1.54, 1.807) is 20.1 Å². The zero-order chi connectivity index (χ0) is 13.2. The fourth-order valence-electron chi connectivity index (χ4n) is 2.65. The lowest BCUT2D eigenvalue weighted by Crippen LogP contribution is -2.42. The van der Waals surface area contributed by atoms with Crippen molar-refractivity contribution >= 4 is 0 Å². The van der Waals surface area contributed by atoms with Crippen LogP contribution in [0.1, 0.15) is 42.9 Å². The predicted molar refractivity (Wildman–Crippen MR) is 71.1 cm³/mol. The molecule has 0 aliphatic heterocycles. The molecule has 0 saturated heterocycles. The number of halogens is 1. The first-order valence-electron chi connectivity index (χ1n) is 6.59. The molecule has 1 fully saturated rings. The van der Waals surface area contributed by atoms with Crippen LogP contribution in [0.15, 0.2) is 18.2 Å². The van der Waals surface area contributed by atoms with Crippen molar-refractivity contribution in [3.63, 3.8) is 0 Å². The average Bonchev–Trinajstić information content (AvgIpc) is 2.33. The normalized spacial score (nSPS) is 19.3. The summed E-state index contributed by atoms with van der Waals surface area (Å²) in [4.78, 5) is 0. The van der Waals surface area contributed by atoms with Crippen molar-refractivity contribution in [1.29, 1.82) is 0 Å². The van der Waals surface area contributed by atoms with E-state index in [0.717, 1.165) is 24.8 Å². The van der Waals surface area contributed by atoms with Gasteiger partial charge in [0.25, 0.3) is 0 Å². The molecule has 0 aromatic heterocycles.